The summed E-state index contributed by atoms with van der Waals surface area (Å²) in [6.45, 7) is 0. The Kier molecular flexibility index (Phi) is 6.32. The van der Waals surface area contributed by atoms with Gasteiger partial charge in [0.1, 0.15) is 11.6 Å². The molecule has 2 aromatic heterocycles. The quantitative estimate of drug-likeness (QED) is 0.315. The molecule has 12 heteroatoms. The van der Waals surface area contributed by atoms with E-state index >= 15 is 0 Å². The van der Waals surface area contributed by atoms with Crippen molar-refractivity contribution in [1.29, 1.82) is 5.26 Å². The Morgan fingerprint density at radius 1 is 1.19 bits per heavy atom. The zero-order valence-corrected chi connectivity index (χ0v) is 18.6. The van der Waals surface area contributed by atoms with Crippen molar-refractivity contribution in [2.75, 3.05) is 16.9 Å². The van der Waals surface area contributed by atoms with Crippen molar-refractivity contribution in [3.63, 3.8) is 0 Å². The summed E-state index contributed by atoms with van der Waals surface area (Å²) >= 11 is 13.2. The standard InChI is InChI=1S/C20H14Cl2N8OS/c21-13-6-7-15(16(22)8-13)19-27-28-20(29(19)24)32-11-17(31)26-18-12(9-23)10-25-30(18)14-4-2-1-3-5-14/h1-8,10H,11,24H2,(H,26,31). The summed E-state index contributed by atoms with van der Waals surface area (Å²) in [4.78, 5) is 12.6. The van der Waals surface area contributed by atoms with Crippen LogP contribution in [0.4, 0.5) is 5.82 Å². The topological polar surface area (TPSA) is 127 Å². The minimum Gasteiger partial charge on any atom is -0.335 e. The molecule has 0 saturated heterocycles. The number of thioether (sulfide) groups is 1. The molecule has 0 unspecified atom stereocenters. The van der Waals surface area contributed by atoms with Crippen LogP contribution in [0.25, 0.3) is 17.1 Å². The Morgan fingerprint density at radius 3 is 2.69 bits per heavy atom. The number of hydrogen-bond acceptors (Lipinski definition) is 7. The molecule has 0 spiro atoms. The summed E-state index contributed by atoms with van der Waals surface area (Å²) in [5.41, 5.74) is 1.52. The van der Waals surface area contributed by atoms with E-state index in [1.807, 2.05) is 36.4 Å². The minimum atomic E-state index is -0.363. The molecule has 0 atom stereocenters. The molecule has 0 saturated carbocycles. The van der Waals surface area contributed by atoms with Crippen LogP contribution in [-0.4, -0.2) is 36.3 Å². The van der Waals surface area contributed by atoms with Gasteiger partial charge in [0.15, 0.2) is 11.6 Å². The minimum absolute atomic E-state index is 0.0193. The van der Waals surface area contributed by atoms with Crippen LogP contribution >= 0.6 is 35.0 Å². The van der Waals surface area contributed by atoms with Gasteiger partial charge >= 0.3 is 0 Å². The number of para-hydroxylation sites is 1. The molecule has 0 aliphatic rings. The van der Waals surface area contributed by atoms with Gasteiger partial charge in [0.05, 0.1) is 22.7 Å². The number of anilines is 1. The van der Waals surface area contributed by atoms with Gasteiger partial charge in [0, 0.05) is 10.6 Å². The number of aromatic nitrogens is 5. The zero-order valence-electron chi connectivity index (χ0n) is 16.2. The first-order valence-electron chi connectivity index (χ1n) is 9.10. The van der Waals surface area contributed by atoms with Crippen molar-refractivity contribution in [3.8, 4) is 23.1 Å². The molecular formula is C20H14Cl2N8OS. The number of rotatable bonds is 6. The Balaban J connectivity index is 1.49. The van der Waals surface area contributed by atoms with E-state index in [9.17, 15) is 10.1 Å². The van der Waals surface area contributed by atoms with Gasteiger partial charge in [-0.3, -0.25) is 4.79 Å². The van der Waals surface area contributed by atoms with E-state index in [1.54, 1.807) is 18.2 Å². The molecule has 2 aromatic carbocycles. The second-order valence-electron chi connectivity index (χ2n) is 6.40. The molecule has 4 rings (SSSR count). The third-order valence-electron chi connectivity index (χ3n) is 4.32. The number of benzene rings is 2. The summed E-state index contributed by atoms with van der Waals surface area (Å²) in [7, 11) is 0. The number of amides is 1. The second kappa shape index (κ2) is 9.32. The lowest BCUT2D eigenvalue weighted by molar-refractivity contribution is -0.113. The third kappa shape index (κ3) is 4.40. The van der Waals surface area contributed by atoms with Crippen LogP contribution in [0.3, 0.4) is 0 Å². The highest BCUT2D eigenvalue weighted by atomic mass is 35.5. The van der Waals surface area contributed by atoms with Crippen LogP contribution in [0.5, 0.6) is 0 Å². The van der Waals surface area contributed by atoms with E-state index in [4.69, 9.17) is 29.0 Å². The van der Waals surface area contributed by atoms with Gasteiger partial charge in [0.25, 0.3) is 0 Å². The predicted octanol–water partition coefficient (Wildman–Crippen LogP) is 3.75. The Bertz CT molecular complexity index is 1330. The van der Waals surface area contributed by atoms with E-state index in [-0.39, 0.29) is 23.0 Å². The lowest BCUT2D eigenvalue weighted by Gasteiger charge is -2.09. The number of carbonyl (C=O) groups is 1. The lowest BCUT2D eigenvalue weighted by Crippen LogP contribution is -2.19. The highest BCUT2D eigenvalue weighted by Gasteiger charge is 2.18. The fourth-order valence-corrected chi connectivity index (χ4v) is 3.99. The van der Waals surface area contributed by atoms with Crippen LogP contribution in [0.2, 0.25) is 10.0 Å². The molecule has 160 valence electrons. The number of halogens is 2. The first-order valence-corrected chi connectivity index (χ1v) is 10.8. The Hall–Kier alpha value is -3.52. The van der Waals surface area contributed by atoms with E-state index in [2.05, 4.69) is 20.6 Å². The van der Waals surface area contributed by atoms with E-state index in [0.29, 0.717) is 32.3 Å². The van der Waals surface area contributed by atoms with Gasteiger partial charge in [0.2, 0.25) is 11.1 Å². The molecule has 0 radical (unpaired) electrons. The summed E-state index contributed by atoms with van der Waals surface area (Å²) in [5.74, 6) is 6.34. The maximum atomic E-state index is 12.6. The summed E-state index contributed by atoms with van der Waals surface area (Å²) in [6, 6.07) is 16.1. The molecule has 0 bridgehead atoms. The van der Waals surface area contributed by atoms with Gasteiger partial charge in [-0.05, 0) is 30.3 Å². The lowest BCUT2D eigenvalue weighted by atomic mass is 10.2. The molecule has 0 aliphatic heterocycles. The number of nitrogens with two attached hydrogens (primary N) is 1. The molecule has 1 amide bonds. The normalized spacial score (nSPS) is 10.7. The predicted molar refractivity (Wildman–Crippen MR) is 123 cm³/mol. The number of nitriles is 1. The van der Waals surface area contributed by atoms with E-state index in [0.717, 1.165) is 11.8 Å². The van der Waals surface area contributed by atoms with Crippen LogP contribution < -0.4 is 11.2 Å². The molecule has 32 heavy (non-hydrogen) atoms. The van der Waals surface area contributed by atoms with Gasteiger partial charge in [-0.15, -0.1) is 10.2 Å². The van der Waals surface area contributed by atoms with Crippen molar-refractivity contribution in [2.24, 2.45) is 0 Å². The van der Waals surface area contributed by atoms with Gasteiger partial charge in [-0.25, -0.2) is 9.36 Å². The highest BCUT2D eigenvalue weighted by Crippen LogP contribution is 2.30. The van der Waals surface area contributed by atoms with Gasteiger partial charge in [-0.1, -0.05) is 53.2 Å². The maximum Gasteiger partial charge on any atom is 0.236 e. The molecule has 3 N–H and O–H groups in total. The van der Waals surface area contributed by atoms with Crippen LogP contribution in [0.15, 0.2) is 59.9 Å². The van der Waals surface area contributed by atoms with E-state index < -0.39 is 0 Å². The third-order valence-corrected chi connectivity index (χ3v) is 5.81. The molecule has 0 aliphatic carbocycles. The van der Waals surface area contributed by atoms with Crippen molar-refractivity contribution in [3.05, 3.63) is 70.3 Å². The average molecular weight is 485 g/mol. The SMILES string of the molecule is N#Cc1cnn(-c2ccccc2)c1NC(=O)CSc1nnc(-c2ccc(Cl)cc2Cl)n1N. The highest BCUT2D eigenvalue weighted by molar-refractivity contribution is 7.99. The van der Waals surface area contributed by atoms with Crippen molar-refractivity contribution < 1.29 is 4.79 Å². The summed E-state index contributed by atoms with van der Waals surface area (Å²) in [6.07, 6.45) is 1.40. The molecule has 4 aromatic rings. The molecule has 9 nitrogen and oxygen atoms in total. The summed E-state index contributed by atoms with van der Waals surface area (Å²) in [5, 5.41) is 25.6. The van der Waals surface area contributed by atoms with Crippen LogP contribution in [-0.2, 0) is 4.79 Å². The Morgan fingerprint density at radius 2 is 1.97 bits per heavy atom. The molecule has 2 heterocycles. The number of nitrogens with one attached hydrogen (secondary N) is 1. The van der Waals surface area contributed by atoms with Crippen molar-refractivity contribution >= 4 is 46.7 Å². The first-order chi connectivity index (χ1) is 15.5. The van der Waals surface area contributed by atoms with Crippen LogP contribution in [0, 0.1) is 11.3 Å². The van der Waals surface area contributed by atoms with Crippen molar-refractivity contribution in [2.45, 2.75) is 5.16 Å². The van der Waals surface area contributed by atoms with Gasteiger partial charge in [-0.2, -0.15) is 10.4 Å². The zero-order chi connectivity index (χ0) is 22.7. The van der Waals surface area contributed by atoms with E-state index in [1.165, 1.54) is 15.6 Å². The van der Waals surface area contributed by atoms with Gasteiger partial charge < -0.3 is 11.2 Å². The monoisotopic (exact) mass is 484 g/mol. The largest absolute Gasteiger partial charge is 0.335 e. The first kappa shape index (κ1) is 21.7. The summed E-state index contributed by atoms with van der Waals surface area (Å²) < 4.78 is 2.75. The number of carbonyl (C=O) groups excluding carboxylic acids is 1. The molecule has 0 fully saturated rings. The number of nitrogens with zero attached hydrogens (tertiary/aromatic N) is 6. The fraction of sp³-hybridized carbons (Fsp3) is 0.0500. The Labute approximate surface area is 196 Å². The van der Waals surface area contributed by atoms with Crippen molar-refractivity contribution in [1.82, 2.24) is 24.7 Å². The fourth-order valence-electron chi connectivity index (χ4n) is 2.84. The number of hydrogen-bond donors (Lipinski definition) is 2. The second-order valence-corrected chi connectivity index (χ2v) is 8.19. The maximum absolute atomic E-state index is 12.6. The molecular weight excluding hydrogens is 471 g/mol. The van der Waals surface area contributed by atoms with Crippen LogP contribution in [0.1, 0.15) is 5.56 Å². The number of nitrogen functional groups attached to an aromatic ring is 1. The average Bonchev–Trinajstić information content (AvgIpc) is 3.36. The smallest absolute Gasteiger partial charge is 0.236 e.